The van der Waals surface area contributed by atoms with Crippen LogP contribution in [0, 0.1) is 0 Å². The highest BCUT2D eigenvalue weighted by Crippen LogP contribution is 2.39. The normalized spacial score (nSPS) is 14.4. The fourth-order valence-electron chi connectivity index (χ4n) is 4.41. The van der Waals surface area contributed by atoms with Gasteiger partial charge < -0.3 is 20.0 Å². The second-order valence-corrected chi connectivity index (χ2v) is 11.8. The smallest absolute Gasteiger partial charge is 0.408 e. The van der Waals surface area contributed by atoms with Crippen LogP contribution in [-0.4, -0.2) is 57.6 Å². The average Bonchev–Trinajstić information content (AvgIpc) is 3.39. The predicted molar refractivity (Wildman–Crippen MR) is 155 cm³/mol. The van der Waals surface area contributed by atoms with Crippen LogP contribution >= 0.6 is 11.6 Å². The van der Waals surface area contributed by atoms with Gasteiger partial charge in [-0.3, -0.25) is 14.1 Å². The molecule has 3 aromatic carbocycles. The molecular formula is C27H26ClN5O5S. The summed E-state index contributed by atoms with van der Waals surface area (Å²) in [6.45, 7) is 0.858. The lowest BCUT2D eigenvalue weighted by Crippen LogP contribution is -2.35. The zero-order chi connectivity index (χ0) is 27.9. The first-order valence-electron chi connectivity index (χ1n) is 12.0. The maximum absolute atomic E-state index is 13.2. The molecule has 10 nitrogen and oxygen atoms in total. The molecule has 0 spiro atoms. The van der Waals surface area contributed by atoms with Crippen molar-refractivity contribution in [1.29, 1.82) is 0 Å². The number of carbonyl (C=O) groups excluding carboxylic acids is 1. The topological polar surface area (TPSA) is 128 Å². The monoisotopic (exact) mass is 567 g/mol. The number of benzene rings is 3. The number of H-pyrrole nitrogens is 1. The molecule has 3 N–H and O–H groups in total. The summed E-state index contributed by atoms with van der Waals surface area (Å²) < 4.78 is 31.4. The standard InChI is InChI=1S/C27H26ClN5O5S/c1-32(2)12-13-33(39(3,36)37)19-8-6-18(7-9-19)29-25(16-4-11-23-22(14-16)31-27(35)38-23)24-20-10-5-17(28)15-21(20)30-26(24)34/h4-11,14-15,29H,12-13H2,1-3H3,(H,30,34)(H,31,35)/b25-24-. The van der Waals surface area contributed by atoms with Gasteiger partial charge in [0.25, 0.3) is 5.91 Å². The van der Waals surface area contributed by atoms with Crippen LogP contribution in [0.15, 0.2) is 69.9 Å². The van der Waals surface area contributed by atoms with E-state index in [1.54, 1.807) is 60.7 Å². The van der Waals surface area contributed by atoms with Gasteiger partial charge >= 0.3 is 5.76 Å². The molecule has 0 fully saturated rings. The molecule has 0 atom stereocenters. The van der Waals surface area contributed by atoms with Crippen molar-refractivity contribution in [1.82, 2.24) is 9.88 Å². The van der Waals surface area contributed by atoms with Crippen molar-refractivity contribution >= 4 is 67.0 Å². The third-order valence-electron chi connectivity index (χ3n) is 6.26. The molecular weight excluding hydrogens is 542 g/mol. The molecule has 1 aromatic heterocycles. The molecule has 0 radical (unpaired) electrons. The molecule has 1 aliphatic rings. The van der Waals surface area contributed by atoms with Crippen LogP contribution in [0.5, 0.6) is 0 Å². The van der Waals surface area contributed by atoms with Gasteiger partial charge in [-0.1, -0.05) is 17.7 Å². The lowest BCUT2D eigenvalue weighted by Gasteiger charge is -2.24. The van der Waals surface area contributed by atoms with E-state index in [9.17, 15) is 18.0 Å². The minimum absolute atomic E-state index is 0.302. The Hall–Kier alpha value is -4.06. The average molecular weight is 568 g/mol. The number of nitrogens with one attached hydrogen (secondary N) is 3. The van der Waals surface area contributed by atoms with Gasteiger partial charge in [0.2, 0.25) is 10.0 Å². The molecule has 0 saturated heterocycles. The van der Waals surface area contributed by atoms with Crippen LogP contribution in [-0.2, 0) is 14.8 Å². The lowest BCUT2D eigenvalue weighted by molar-refractivity contribution is -0.110. The Bertz CT molecular complexity index is 1770. The zero-order valence-electron chi connectivity index (χ0n) is 21.4. The number of hydrogen-bond acceptors (Lipinski definition) is 7. The number of hydrogen-bond donors (Lipinski definition) is 3. The van der Waals surface area contributed by atoms with Crippen molar-refractivity contribution in [3.8, 4) is 0 Å². The number of aromatic nitrogens is 1. The number of sulfonamides is 1. The Morgan fingerprint density at radius 2 is 1.74 bits per heavy atom. The summed E-state index contributed by atoms with van der Waals surface area (Å²) in [5, 5.41) is 6.68. The van der Waals surface area contributed by atoms with E-state index in [1.165, 1.54) is 10.6 Å². The Balaban J connectivity index is 1.58. The maximum atomic E-state index is 13.2. The quantitative estimate of drug-likeness (QED) is 0.274. The maximum Gasteiger partial charge on any atom is 0.417 e. The largest absolute Gasteiger partial charge is 0.417 e. The number of fused-ring (bicyclic) bond motifs is 2. The van der Waals surface area contributed by atoms with Gasteiger partial charge in [0, 0.05) is 34.9 Å². The van der Waals surface area contributed by atoms with Gasteiger partial charge in [-0.2, -0.15) is 0 Å². The van der Waals surface area contributed by atoms with Crippen molar-refractivity contribution in [3.63, 3.8) is 0 Å². The molecule has 0 unspecified atom stereocenters. The van der Waals surface area contributed by atoms with Gasteiger partial charge in [0.1, 0.15) is 0 Å². The Labute approximate surface area is 229 Å². The number of rotatable bonds is 8. The highest BCUT2D eigenvalue weighted by Gasteiger charge is 2.29. The minimum atomic E-state index is -3.49. The van der Waals surface area contributed by atoms with Crippen LogP contribution < -0.4 is 20.7 Å². The first kappa shape index (κ1) is 26.5. The molecule has 1 aliphatic heterocycles. The fourth-order valence-corrected chi connectivity index (χ4v) is 5.50. The van der Waals surface area contributed by atoms with Crippen molar-refractivity contribution < 1.29 is 17.6 Å². The van der Waals surface area contributed by atoms with Gasteiger partial charge in [-0.15, -0.1) is 0 Å². The van der Waals surface area contributed by atoms with Crippen molar-refractivity contribution in [2.24, 2.45) is 0 Å². The second-order valence-electron chi connectivity index (χ2n) is 9.43. The summed E-state index contributed by atoms with van der Waals surface area (Å²) in [5.74, 6) is -0.901. The Morgan fingerprint density at radius 3 is 2.44 bits per heavy atom. The molecule has 0 saturated carbocycles. The van der Waals surface area contributed by atoms with E-state index in [4.69, 9.17) is 16.0 Å². The number of anilines is 3. The highest BCUT2D eigenvalue weighted by atomic mass is 35.5. The molecule has 39 heavy (non-hydrogen) atoms. The fraction of sp³-hybridized carbons (Fsp3) is 0.185. The zero-order valence-corrected chi connectivity index (χ0v) is 23.0. The van der Waals surface area contributed by atoms with Crippen LogP contribution in [0.4, 0.5) is 17.1 Å². The van der Waals surface area contributed by atoms with Crippen LogP contribution in [0.25, 0.3) is 22.4 Å². The Kier molecular flexibility index (Phi) is 6.98. The number of aromatic amines is 1. The van der Waals surface area contributed by atoms with E-state index in [0.717, 1.165) is 0 Å². The molecule has 202 valence electrons. The van der Waals surface area contributed by atoms with Crippen LogP contribution in [0.2, 0.25) is 5.02 Å². The minimum Gasteiger partial charge on any atom is -0.408 e. The van der Waals surface area contributed by atoms with E-state index in [-0.39, 0.29) is 5.91 Å². The summed E-state index contributed by atoms with van der Waals surface area (Å²) in [4.78, 5) is 29.5. The SMILES string of the molecule is CN(C)CCN(c1ccc(N/C(=C2\C(=O)Nc3cc(Cl)ccc32)c2ccc3oc(=O)[nH]c3c2)cc1)S(C)(=O)=O. The third-order valence-corrected chi connectivity index (χ3v) is 7.69. The number of oxazole rings is 1. The number of halogens is 1. The summed E-state index contributed by atoms with van der Waals surface area (Å²) in [6.07, 6.45) is 1.18. The molecule has 2 heterocycles. The van der Waals surface area contributed by atoms with E-state index < -0.39 is 15.8 Å². The molecule has 1 amide bonds. The first-order chi connectivity index (χ1) is 18.5. The summed E-state index contributed by atoms with van der Waals surface area (Å²) in [7, 11) is 0.265. The van der Waals surface area contributed by atoms with Crippen LogP contribution in [0.3, 0.4) is 0 Å². The van der Waals surface area contributed by atoms with Gasteiger partial charge in [-0.05, 0) is 68.7 Å². The number of carbonyl (C=O) groups is 1. The van der Waals surface area contributed by atoms with E-state index in [1.807, 2.05) is 19.0 Å². The van der Waals surface area contributed by atoms with E-state index >= 15 is 0 Å². The van der Waals surface area contributed by atoms with Gasteiger partial charge in [0.15, 0.2) is 5.58 Å². The first-order valence-corrected chi connectivity index (χ1v) is 14.2. The van der Waals surface area contributed by atoms with E-state index in [0.29, 0.717) is 68.7 Å². The lowest BCUT2D eigenvalue weighted by atomic mass is 9.99. The second kappa shape index (κ2) is 10.3. The molecule has 5 rings (SSSR count). The Morgan fingerprint density at radius 1 is 1.00 bits per heavy atom. The van der Waals surface area contributed by atoms with Crippen molar-refractivity contribution in [2.45, 2.75) is 0 Å². The molecule has 0 bridgehead atoms. The van der Waals surface area contributed by atoms with Crippen LogP contribution in [0.1, 0.15) is 11.1 Å². The summed E-state index contributed by atoms with van der Waals surface area (Å²) in [5.41, 5.74) is 4.76. The van der Waals surface area contributed by atoms with Crippen molar-refractivity contribution in [3.05, 3.63) is 87.4 Å². The van der Waals surface area contributed by atoms with Crippen molar-refractivity contribution in [2.75, 3.05) is 48.4 Å². The predicted octanol–water partition coefficient (Wildman–Crippen LogP) is 4.03. The number of amides is 1. The molecule has 0 aliphatic carbocycles. The van der Waals surface area contributed by atoms with E-state index in [2.05, 4.69) is 15.6 Å². The highest BCUT2D eigenvalue weighted by molar-refractivity contribution is 7.92. The summed E-state index contributed by atoms with van der Waals surface area (Å²) >= 11 is 6.15. The number of likely N-dealkylation sites (N-methyl/N-ethyl adjacent to an activating group) is 1. The molecule has 4 aromatic rings. The van der Waals surface area contributed by atoms with Gasteiger partial charge in [0.05, 0.1) is 34.4 Å². The third kappa shape index (κ3) is 5.56. The number of nitrogens with zero attached hydrogens (tertiary/aromatic N) is 2. The molecule has 12 heteroatoms. The summed E-state index contributed by atoms with van der Waals surface area (Å²) in [6, 6.07) is 17.2. The van der Waals surface area contributed by atoms with Gasteiger partial charge in [-0.25, -0.2) is 13.2 Å².